The zero-order chi connectivity index (χ0) is 15.9. The Balaban J connectivity index is 1.76. The molecule has 0 spiro atoms. The first-order valence-corrected chi connectivity index (χ1v) is 7.85. The molecule has 0 saturated carbocycles. The first-order valence-electron chi connectivity index (χ1n) is 6.87. The van der Waals surface area contributed by atoms with Gasteiger partial charge in [0.25, 0.3) is 0 Å². The Morgan fingerprint density at radius 2 is 1.95 bits per heavy atom. The van der Waals surface area contributed by atoms with Crippen molar-refractivity contribution in [1.29, 1.82) is 0 Å². The van der Waals surface area contributed by atoms with Crippen LogP contribution in [0.1, 0.15) is 6.92 Å². The van der Waals surface area contributed by atoms with Gasteiger partial charge in [0.15, 0.2) is 5.16 Å². The lowest BCUT2D eigenvalue weighted by Crippen LogP contribution is -2.51. The Kier molecular flexibility index (Phi) is 5.75. The standard InChI is InChI=1S/C12H18N6O3S/c1-2-21-12(20)18-5-3-17(4-6-18)9(19)7-22-11-15-8-14-10(13)16-11/h8H,2-7H2,1H3,(H2,13,14,15,16). The smallest absolute Gasteiger partial charge is 0.409 e. The van der Waals surface area contributed by atoms with Gasteiger partial charge in [-0.05, 0) is 6.92 Å². The number of hydrogen-bond donors (Lipinski definition) is 1. The summed E-state index contributed by atoms with van der Waals surface area (Å²) in [5, 5.41) is 0.422. The van der Waals surface area contributed by atoms with Crippen LogP contribution in [0.25, 0.3) is 0 Å². The number of hydrogen-bond acceptors (Lipinski definition) is 8. The summed E-state index contributed by atoms with van der Waals surface area (Å²) in [5.41, 5.74) is 5.46. The third kappa shape index (κ3) is 4.45. The maximum absolute atomic E-state index is 12.1. The van der Waals surface area contributed by atoms with Crippen molar-refractivity contribution in [2.45, 2.75) is 12.1 Å². The molecule has 1 aromatic heterocycles. The molecular formula is C12H18N6O3S. The minimum absolute atomic E-state index is 0.0208. The number of nitrogens with zero attached hydrogens (tertiary/aromatic N) is 5. The number of thioether (sulfide) groups is 1. The molecule has 10 heteroatoms. The Hall–Kier alpha value is -2.10. The van der Waals surface area contributed by atoms with Crippen LogP contribution in [0.3, 0.4) is 0 Å². The number of nitrogens with two attached hydrogens (primary N) is 1. The van der Waals surface area contributed by atoms with Gasteiger partial charge < -0.3 is 20.3 Å². The van der Waals surface area contributed by atoms with E-state index in [1.807, 2.05) is 0 Å². The number of carbonyl (C=O) groups is 2. The number of ether oxygens (including phenoxy) is 1. The van der Waals surface area contributed by atoms with Gasteiger partial charge in [0.1, 0.15) is 6.33 Å². The highest BCUT2D eigenvalue weighted by atomic mass is 32.2. The molecule has 2 amide bonds. The van der Waals surface area contributed by atoms with E-state index in [0.29, 0.717) is 37.9 Å². The van der Waals surface area contributed by atoms with Gasteiger partial charge in [-0.3, -0.25) is 4.79 Å². The summed E-state index contributed by atoms with van der Waals surface area (Å²) in [6, 6.07) is 0. The number of nitrogen functional groups attached to an aromatic ring is 1. The highest BCUT2D eigenvalue weighted by molar-refractivity contribution is 7.99. The maximum Gasteiger partial charge on any atom is 0.409 e. The third-order valence-electron chi connectivity index (χ3n) is 3.05. The molecular weight excluding hydrogens is 308 g/mol. The van der Waals surface area contributed by atoms with Gasteiger partial charge in [0, 0.05) is 26.2 Å². The molecule has 2 heterocycles. The van der Waals surface area contributed by atoms with E-state index >= 15 is 0 Å². The number of anilines is 1. The van der Waals surface area contributed by atoms with Gasteiger partial charge >= 0.3 is 6.09 Å². The molecule has 1 aromatic rings. The zero-order valence-electron chi connectivity index (χ0n) is 12.3. The predicted molar refractivity (Wildman–Crippen MR) is 80.1 cm³/mol. The molecule has 120 valence electrons. The molecule has 2 N–H and O–H groups in total. The van der Waals surface area contributed by atoms with Crippen LogP contribution in [0.15, 0.2) is 11.5 Å². The first-order chi connectivity index (χ1) is 10.6. The molecule has 0 aliphatic carbocycles. The molecule has 1 aliphatic heterocycles. The molecule has 0 radical (unpaired) electrons. The van der Waals surface area contributed by atoms with Crippen molar-refractivity contribution in [2.75, 3.05) is 44.3 Å². The molecule has 1 saturated heterocycles. The topological polar surface area (TPSA) is 115 Å². The van der Waals surface area contributed by atoms with E-state index < -0.39 is 0 Å². The van der Waals surface area contributed by atoms with Crippen LogP contribution in [0.2, 0.25) is 0 Å². The zero-order valence-corrected chi connectivity index (χ0v) is 13.1. The fourth-order valence-corrected chi connectivity index (χ4v) is 2.65. The summed E-state index contributed by atoms with van der Waals surface area (Å²) in [7, 11) is 0. The number of piperazine rings is 1. The summed E-state index contributed by atoms with van der Waals surface area (Å²) < 4.78 is 4.94. The minimum Gasteiger partial charge on any atom is -0.450 e. The Bertz CT molecular complexity index is 535. The molecule has 1 fully saturated rings. The van der Waals surface area contributed by atoms with Crippen molar-refractivity contribution in [3.05, 3.63) is 6.33 Å². The lowest BCUT2D eigenvalue weighted by molar-refractivity contribution is -0.129. The molecule has 0 aromatic carbocycles. The van der Waals surface area contributed by atoms with E-state index in [9.17, 15) is 9.59 Å². The number of carbonyl (C=O) groups excluding carboxylic acids is 2. The van der Waals surface area contributed by atoms with Crippen molar-refractivity contribution in [2.24, 2.45) is 0 Å². The van der Waals surface area contributed by atoms with Crippen molar-refractivity contribution < 1.29 is 14.3 Å². The lowest BCUT2D eigenvalue weighted by Gasteiger charge is -2.33. The van der Waals surface area contributed by atoms with Crippen LogP contribution in [-0.2, 0) is 9.53 Å². The van der Waals surface area contributed by atoms with Gasteiger partial charge in [-0.15, -0.1) is 0 Å². The fraction of sp³-hybridized carbons (Fsp3) is 0.583. The van der Waals surface area contributed by atoms with Crippen molar-refractivity contribution in [3.63, 3.8) is 0 Å². The Labute approximate surface area is 132 Å². The van der Waals surface area contributed by atoms with Crippen molar-refractivity contribution in [1.82, 2.24) is 24.8 Å². The van der Waals surface area contributed by atoms with Gasteiger partial charge in [0.2, 0.25) is 11.9 Å². The highest BCUT2D eigenvalue weighted by Gasteiger charge is 2.24. The van der Waals surface area contributed by atoms with E-state index in [-0.39, 0.29) is 23.7 Å². The second-order valence-electron chi connectivity index (χ2n) is 4.48. The van der Waals surface area contributed by atoms with Gasteiger partial charge in [-0.2, -0.15) is 4.98 Å². The van der Waals surface area contributed by atoms with Crippen molar-refractivity contribution in [3.8, 4) is 0 Å². The summed E-state index contributed by atoms with van der Waals surface area (Å²) in [6.07, 6.45) is 0.984. The molecule has 0 unspecified atom stereocenters. The van der Waals surface area contributed by atoms with Crippen LogP contribution in [0.4, 0.5) is 10.7 Å². The Morgan fingerprint density at radius 3 is 2.59 bits per heavy atom. The largest absolute Gasteiger partial charge is 0.450 e. The molecule has 0 bridgehead atoms. The summed E-state index contributed by atoms with van der Waals surface area (Å²) >= 11 is 1.21. The monoisotopic (exact) mass is 326 g/mol. The summed E-state index contributed by atoms with van der Waals surface area (Å²) in [5.74, 6) is 0.337. The second kappa shape index (κ2) is 7.78. The second-order valence-corrected chi connectivity index (χ2v) is 5.42. The molecule has 9 nitrogen and oxygen atoms in total. The predicted octanol–water partition coefficient (Wildman–Crippen LogP) is -0.153. The van der Waals surface area contributed by atoms with Gasteiger partial charge in [-0.1, -0.05) is 11.8 Å². The molecule has 1 aliphatic rings. The Morgan fingerprint density at radius 1 is 1.27 bits per heavy atom. The number of amides is 2. The maximum atomic E-state index is 12.1. The molecule has 0 atom stereocenters. The number of aromatic nitrogens is 3. The fourth-order valence-electron chi connectivity index (χ4n) is 1.93. The van der Waals surface area contributed by atoms with Crippen LogP contribution in [0, 0.1) is 0 Å². The SMILES string of the molecule is CCOC(=O)N1CCN(C(=O)CSc2ncnc(N)n2)CC1. The van der Waals surface area contributed by atoms with E-state index in [1.54, 1.807) is 16.7 Å². The average Bonchev–Trinajstić information content (AvgIpc) is 2.53. The van der Waals surface area contributed by atoms with Crippen LogP contribution < -0.4 is 5.73 Å². The minimum atomic E-state index is -0.329. The highest BCUT2D eigenvalue weighted by Crippen LogP contribution is 2.14. The van der Waals surface area contributed by atoms with E-state index in [2.05, 4.69) is 15.0 Å². The van der Waals surface area contributed by atoms with Gasteiger partial charge in [0.05, 0.1) is 12.4 Å². The van der Waals surface area contributed by atoms with E-state index in [0.717, 1.165) is 0 Å². The van der Waals surface area contributed by atoms with Crippen molar-refractivity contribution >= 4 is 29.7 Å². The van der Waals surface area contributed by atoms with E-state index in [4.69, 9.17) is 10.5 Å². The normalized spacial score (nSPS) is 14.8. The molecule has 2 rings (SSSR count). The van der Waals surface area contributed by atoms with Crippen LogP contribution in [-0.4, -0.2) is 75.3 Å². The molecule has 22 heavy (non-hydrogen) atoms. The third-order valence-corrected chi connectivity index (χ3v) is 3.90. The van der Waals surface area contributed by atoms with E-state index in [1.165, 1.54) is 18.1 Å². The number of rotatable bonds is 4. The van der Waals surface area contributed by atoms with Gasteiger partial charge in [-0.25, -0.2) is 14.8 Å². The lowest BCUT2D eigenvalue weighted by atomic mass is 10.3. The van der Waals surface area contributed by atoms with Crippen LogP contribution >= 0.6 is 11.8 Å². The first kappa shape index (κ1) is 16.3. The summed E-state index contributed by atoms with van der Waals surface area (Å²) in [4.78, 5) is 38.6. The quantitative estimate of drug-likeness (QED) is 0.760. The van der Waals surface area contributed by atoms with Crippen LogP contribution in [0.5, 0.6) is 0 Å². The summed E-state index contributed by atoms with van der Waals surface area (Å²) in [6.45, 7) is 4.07. The average molecular weight is 326 g/mol.